The Labute approximate surface area is 259 Å². The first-order chi connectivity index (χ1) is 21.5. The van der Waals surface area contributed by atoms with Crippen LogP contribution in [0.15, 0.2) is 42.5 Å². The number of alkyl halides is 3. The highest BCUT2D eigenvalue weighted by molar-refractivity contribution is 5.73. The number of anilines is 1. The van der Waals surface area contributed by atoms with Gasteiger partial charge in [0.2, 0.25) is 0 Å². The van der Waals surface area contributed by atoms with Crippen molar-refractivity contribution in [2.75, 3.05) is 44.2 Å². The van der Waals surface area contributed by atoms with Crippen molar-refractivity contribution in [1.82, 2.24) is 14.9 Å². The van der Waals surface area contributed by atoms with Crippen molar-refractivity contribution in [3.63, 3.8) is 0 Å². The SMILES string of the molecule is CCOC(=O)C1CCN(c2cccc(-c3cc(F)cc(F)c3OCc3ccc(C4CCN(CC(F)(F)F)CC4)nc3C)n2)CC1. The average molecular weight is 633 g/mol. The van der Waals surface area contributed by atoms with Gasteiger partial charge in [0.1, 0.15) is 18.2 Å². The van der Waals surface area contributed by atoms with E-state index in [9.17, 15) is 22.4 Å². The van der Waals surface area contributed by atoms with Gasteiger partial charge >= 0.3 is 12.1 Å². The number of piperidine rings is 2. The standard InChI is InChI=1S/C33H37F5N4O3/c1-3-44-32(43)23-11-15-42(16-12-23)30-6-4-5-29(40-30)26-17-25(34)18-27(35)31(26)45-19-24-7-8-28(39-21(24)2)22-9-13-41(14-10-22)20-33(36,37)38/h4-8,17-18,22-23H,3,9-16,19-20H2,1-2H3. The lowest BCUT2D eigenvalue weighted by Crippen LogP contribution is -2.39. The van der Waals surface area contributed by atoms with Crippen molar-refractivity contribution in [1.29, 1.82) is 0 Å². The number of carbonyl (C=O) groups is 1. The molecule has 2 saturated heterocycles. The summed E-state index contributed by atoms with van der Waals surface area (Å²) in [5.41, 5.74) is 2.69. The third-order valence-corrected chi connectivity index (χ3v) is 8.46. The Morgan fingerprint density at radius 3 is 2.38 bits per heavy atom. The topological polar surface area (TPSA) is 67.8 Å². The third kappa shape index (κ3) is 8.27. The van der Waals surface area contributed by atoms with E-state index in [1.165, 1.54) is 11.0 Å². The Morgan fingerprint density at radius 2 is 1.71 bits per heavy atom. The van der Waals surface area contributed by atoms with Crippen LogP contribution < -0.4 is 9.64 Å². The minimum absolute atomic E-state index is 0.0280. The van der Waals surface area contributed by atoms with Crippen LogP contribution in [0.4, 0.5) is 27.8 Å². The van der Waals surface area contributed by atoms with E-state index in [4.69, 9.17) is 19.4 Å². The summed E-state index contributed by atoms with van der Waals surface area (Å²) in [5, 5.41) is 0. The second-order valence-corrected chi connectivity index (χ2v) is 11.6. The molecule has 0 unspecified atom stereocenters. The lowest BCUT2D eigenvalue weighted by atomic mass is 9.92. The van der Waals surface area contributed by atoms with Gasteiger partial charge < -0.3 is 14.4 Å². The van der Waals surface area contributed by atoms with E-state index in [1.807, 2.05) is 23.1 Å². The summed E-state index contributed by atoms with van der Waals surface area (Å²) in [5.74, 6) is -1.43. The highest BCUT2D eigenvalue weighted by atomic mass is 19.4. The maximum absolute atomic E-state index is 15.1. The van der Waals surface area contributed by atoms with E-state index in [0.29, 0.717) is 81.2 Å². The summed E-state index contributed by atoms with van der Waals surface area (Å²) >= 11 is 0. The molecular formula is C33H37F5N4O3. The van der Waals surface area contributed by atoms with Gasteiger partial charge in [-0.2, -0.15) is 13.2 Å². The normalized spacial score (nSPS) is 17.0. The molecule has 0 spiro atoms. The lowest BCUT2D eigenvalue weighted by Gasteiger charge is -2.32. The zero-order valence-electron chi connectivity index (χ0n) is 25.4. The number of nitrogens with zero attached hydrogens (tertiary/aromatic N) is 4. The third-order valence-electron chi connectivity index (χ3n) is 8.46. The van der Waals surface area contributed by atoms with Gasteiger partial charge in [-0.05, 0) is 76.9 Å². The molecule has 0 bridgehead atoms. The molecule has 2 aliphatic heterocycles. The Hall–Kier alpha value is -3.80. The van der Waals surface area contributed by atoms with E-state index in [1.54, 1.807) is 26.0 Å². The number of aryl methyl sites for hydroxylation is 1. The number of benzene rings is 1. The van der Waals surface area contributed by atoms with Crippen molar-refractivity contribution < 1.29 is 36.2 Å². The number of likely N-dealkylation sites (tertiary alicyclic amines) is 1. The smallest absolute Gasteiger partial charge is 0.401 e. The summed E-state index contributed by atoms with van der Waals surface area (Å²) in [6.07, 6.45) is -1.81. The van der Waals surface area contributed by atoms with Gasteiger partial charge in [0.15, 0.2) is 11.6 Å². The van der Waals surface area contributed by atoms with Gasteiger partial charge in [-0.15, -0.1) is 0 Å². The fourth-order valence-corrected chi connectivity index (χ4v) is 6.03. The second-order valence-electron chi connectivity index (χ2n) is 11.6. The molecule has 4 heterocycles. The molecule has 5 rings (SSSR count). The Kier molecular flexibility index (Phi) is 10.2. The Bertz CT molecular complexity index is 1490. The van der Waals surface area contributed by atoms with E-state index in [2.05, 4.69) is 0 Å². The van der Waals surface area contributed by atoms with E-state index in [0.717, 1.165) is 11.8 Å². The molecule has 45 heavy (non-hydrogen) atoms. The number of rotatable bonds is 9. The van der Waals surface area contributed by atoms with Crippen LogP contribution >= 0.6 is 0 Å². The van der Waals surface area contributed by atoms with Crippen molar-refractivity contribution in [3.8, 4) is 17.0 Å². The maximum atomic E-state index is 15.1. The van der Waals surface area contributed by atoms with E-state index in [-0.39, 0.29) is 35.7 Å². The number of hydrogen-bond donors (Lipinski definition) is 0. The molecule has 0 radical (unpaired) electrons. The zero-order valence-corrected chi connectivity index (χ0v) is 25.4. The van der Waals surface area contributed by atoms with Crippen molar-refractivity contribution in [2.24, 2.45) is 5.92 Å². The molecule has 2 aliphatic rings. The largest absolute Gasteiger partial charge is 0.485 e. The molecule has 2 aromatic heterocycles. The Balaban J connectivity index is 1.27. The van der Waals surface area contributed by atoms with Gasteiger partial charge in [0.05, 0.1) is 24.8 Å². The number of esters is 1. The van der Waals surface area contributed by atoms with Crippen LogP contribution in [0.3, 0.4) is 0 Å². The molecule has 0 amide bonds. The Morgan fingerprint density at radius 1 is 0.978 bits per heavy atom. The number of hydrogen-bond acceptors (Lipinski definition) is 7. The molecule has 242 valence electrons. The molecule has 12 heteroatoms. The molecular weight excluding hydrogens is 595 g/mol. The van der Waals surface area contributed by atoms with Gasteiger partial charge in [-0.25, -0.2) is 13.8 Å². The lowest BCUT2D eigenvalue weighted by molar-refractivity contribution is -0.149. The number of halogens is 5. The second kappa shape index (κ2) is 14.1. The molecule has 1 aromatic carbocycles. The number of ether oxygens (including phenoxy) is 2. The van der Waals surface area contributed by atoms with Gasteiger partial charge in [-0.1, -0.05) is 12.1 Å². The molecule has 0 N–H and O–H groups in total. The van der Waals surface area contributed by atoms with E-state index < -0.39 is 24.4 Å². The van der Waals surface area contributed by atoms with Crippen LogP contribution in [0.2, 0.25) is 0 Å². The van der Waals surface area contributed by atoms with Gasteiger partial charge in [-0.3, -0.25) is 14.7 Å². The fraction of sp³-hybridized carbons (Fsp3) is 0.485. The first-order valence-corrected chi connectivity index (χ1v) is 15.3. The predicted octanol–water partition coefficient (Wildman–Crippen LogP) is 6.83. The quantitative estimate of drug-likeness (QED) is 0.189. The highest BCUT2D eigenvalue weighted by Crippen LogP contribution is 2.35. The molecule has 7 nitrogen and oxygen atoms in total. The number of aromatic nitrogens is 2. The molecule has 0 atom stereocenters. The van der Waals surface area contributed by atoms with Crippen molar-refractivity contribution >= 4 is 11.8 Å². The minimum Gasteiger partial charge on any atom is -0.485 e. The van der Waals surface area contributed by atoms with Crippen LogP contribution in [0, 0.1) is 24.5 Å². The first-order valence-electron chi connectivity index (χ1n) is 15.3. The van der Waals surface area contributed by atoms with Crippen LogP contribution in [0.5, 0.6) is 5.75 Å². The van der Waals surface area contributed by atoms with Crippen LogP contribution in [-0.2, 0) is 16.1 Å². The van der Waals surface area contributed by atoms with Gasteiger partial charge in [0, 0.05) is 47.6 Å². The summed E-state index contributed by atoms with van der Waals surface area (Å²) < 4.78 is 78.9. The summed E-state index contributed by atoms with van der Waals surface area (Å²) in [6, 6.07) is 10.9. The number of pyridine rings is 2. The zero-order chi connectivity index (χ0) is 32.1. The number of carbonyl (C=O) groups excluding carboxylic acids is 1. The van der Waals surface area contributed by atoms with Crippen molar-refractivity contribution in [2.45, 2.75) is 58.2 Å². The predicted molar refractivity (Wildman–Crippen MR) is 159 cm³/mol. The molecule has 0 saturated carbocycles. The van der Waals surface area contributed by atoms with Gasteiger partial charge in [0.25, 0.3) is 0 Å². The first kappa shape index (κ1) is 32.6. The summed E-state index contributed by atoms with van der Waals surface area (Å²) in [6.45, 7) is 4.89. The van der Waals surface area contributed by atoms with Crippen LogP contribution in [0.1, 0.15) is 55.5 Å². The molecule has 2 fully saturated rings. The summed E-state index contributed by atoms with van der Waals surface area (Å²) in [4.78, 5) is 25.0. The van der Waals surface area contributed by atoms with Crippen LogP contribution in [-0.4, -0.2) is 66.3 Å². The average Bonchev–Trinajstić information content (AvgIpc) is 3.01. The fourth-order valence-electron chi connectivity index (χ4n) is 6.03. The van der Waals surface area contributed by atoms with Crippen molar-refractivity contribution in [3.05, 3.63) is 71.1 Å². The molecule has 0 aliphatic carbocycles. The van der Waals surface area contributed by atoms with E-state index >= 15 is 4.39 Å². The summed E-state index contributed by atoms with van der Waals surface area (Å²) in [7, 11) is 0. The maximum Gasteiger partial charge on any atom is 0.401 e. The minimum atomic E-state index is -4.21. The molecule has 3 aromatic rings. The van der Waals surface area contributed by atoms with Crippen LogP contribution in [0.25, 0.3) is 11.3 Å². The highest BCUT2D eigenvalue weighted by Gasteiger charge is 2.33. The monoisotopic (exact) mass is 632 g/mol.